The number of hydrogen-bond acceptors (Lipinski definition) is 2. The molecule has 1 N–H and O–H groups in total. The summed E-state index contributed by atoms with van der Waals surface area (Å²) < 4.78 is 6.33. The zero-order valence-electron chi connectivity index (χ0n) is 13.0. The maximum atomic E-state index is 11.9. The van der Waals surface area contributed by atoms with Gasteiger partial charge in [-0.3, -0.25) is 4.79 Å². The molecule has 5 heteroatoms. The fourth-order valence-corrected chi connectivity index (χ4v) is 2.61. The minimum atomic E-state index is 0.00157. The summed E-state index contributed by atoms with van der Waals surface area (Å²) in [6.45, 7) is 0.698. The van der Waals surface area contributed by atoms with E-state index in [2.05, 4.69) is 27.2 Å². The van der Waals surface area contributed by atoms with Crippen molar-refractivity contribution in [3.63, 3.8) is 0 Å². The largest absolute Gasteiger partial charge is 0.479 e. The number of terminal acetylenes is 1. The molecule has 0 saturated heterocycles. The fraction of sp³-hybridized carbons (Fsp3) is 0.211. The van der Waals surface area contributed by atoms with Crippen LogP contribution in [-0.4, -0.2) is 12.5 Å². The van der Waals surface area contributed by atoms with Crippen molar-refractivity contribution in [2.24, 2.45) is 0 Å². The third-order valence-electron chi connectivity index (χ3n) is 3.35. The molecule has 0 heterocycles. The smallest absolute Gasteiger partial charge is 0.220 e. The van der Waals surface area contributed by atoms with E-state index in [-0.39, 0.29) is 12.5 Å². The first kappa shape index (κ1) is 18.4. The average molecular weight is 407 g/mol. The molecule has 0 atom stereocenters. The summed E-state index contributed by atoms with van der Waals surface area (Å²) in [4.78, 5) is 11.9. The second kappa shape index (κ2) is 9.36. The molecule has 0 radical (unpaired) electrons. The molecule has 0 bridgehead atoms. The van der Waals surface area contributed by atoms with Crippen LogP contribution in [0.15, 0.2) is 46.9 Å². The van der Waals surface area contributed by atoms with E-state index in [9.17, 15) is 4.79 Å². The van der Waals surface area contributed by atoms with Crippen molar-refractivity contribution >= 4 is 33.4 Å². The van der Waals surface area contributed by atoms with E-state index >= 15 is 0 Å². The molecular formula is C19H17BrClNO2. The number of carbonyl (C=O) groups excluding carboxylic acids is 1. The van der Waals surface area contributed by atoms with Crippen LogP contribution in [0.5, 0.6) is 5.75 Å². The molecule has 124 valence electrons. The third-order valence-corrected chi connectivity index (χ3v) is 4.18. The van der Waals surface area contributed by atoms with E-state index in [1.807, 2.05) is 30.3 Å². The van der Waals surface area contributed by atoms with Crippen LogP contribution in [0, 0.1) is 12.3 Å². The van der Waals surface area contributed by atoms with Crippen LogP contribution in [0.25, 0.3) is 0 Å². The molecule has 0 fully saturated rings. The van der Waals surface area contributed by atoms with Crippen molar-refractivity contribution in [3.05, 3.63) is 63.1 Å². The Labute approximate surface area is 155 Å². The molecule has 3 nitrogen and oxygen atoms in total. The van der Waals surface area contributed by atoms with Crippen LogP contribution in [0.4, 0.5) is 0 Å². The van der Waals surface area contributed by atoms with E-state index in [4.69, 9.17) is 22.8 Å². The summed E-state index contributed by atoms with van der Waals surface area (Å²) in [5.74, 6) is 2.95. The molecule has 0 aliphatic heterocycles. The van der Waals surface area contributed by atoms with Gasteiger partial charge in [0.05, 0.1) is 5.02 Å². The normalized spacial score (nSPS) is 10.0. The van der Waals surface area contributed by atoms with Crippen LogP contribution in [0.2, 0.25) is 5.02 Å². The number of ether oxygens (including phenoxy) is 1. The number of aryl methyl sites for hydroxylation is 1. The highest BCUT2D eigenvalue weighted by Crippen LogP contribution is 2.25. The quantitative estimate of drug-likeness (QED) is 0.694. The van der Waals surface area contributed by atoms with Crippen molar-refractivity contribution in [1.82, 2.24) is 5.32 Å². The van der Waals surface area contributed by atoms with Gasteiger partial charge in [-0.05, 0) is 41.8 Å². The molecule has 2 aromatic rings. The summed E-state index contributed by atoms with van der Waals surface area (Å²) in [6.07, 6.45) is 6.16. The highest BCUT2D eigenvalue weighted by molar-refractivity contribution is 9.10. The van der Waals surface area contributed by atoms with E-state index in [0.717, 1.165) is 15.6 Å². The summed E-state index contributed by atoms with van der Waals surface area (Å²) in [5, 5.41) is 3.41. The Bertz CT molecular complexity index is 738. The second-order valence-corrected chi connectivity index (χ2v) is 6.48. The number of halogens is 2. The third kappa shape index (κ3) is 5.92. The fourth-order valence-electron chi connectivity index (χ4n) is 2.09. The lowest BCUT2D eigenvalue weighted by Gasteiger charge is -2.08. The highest BCUT2D eigenvalue weighted by Gasteiger charge is 2.06. The lowest BCUT2D eigenvalue weighted by Crippen LogP contribution is -2.22. The first-order valence-corrected chi connectivity index (χ1v) is 8.61. The minimum Gasteiger partial charge on any atom is -0.479 e. The lowest BCUT2D eigenvalue weighted by molar-refractivity contribution is -0.121. The molecule has 0 unspecified atom stereocenters. The standard InChI is InChI=1S/C19H17BrClNO2/c1-2-11-24-18-9-5-14(12-17(18)21)6-10-19(23)22-13-15-3-7-16(20)8-4-15/h1,3-5,7-9,12H,6,10-11,13H2,(H,22,23). The molecule has 2 rings (SSSR count). The zero-order valence-corrected chi connectivity index (χ0v) is 15.4. The van der Waals surface area contributed by atoms with Crippen LogP contribution < -0.4 is 10.1 Å². The molecule has 0 saturated carbocycles. The van der Waals surface area contributed by atoms with Crippen LogP contribution in [-0.2, 0) is 17.8 Å². The molecule has 0 aliphatic carbocycles. The molecule has 2 aromatic carbocycles. The summed E-state index contributed by atoms with van der Waals surface area (Å²) >= 11 is 9.52. The summed E-state index contributed by atoms with van der Waals surface area (Å²) in [7, 11) is 0. The molecule has 1 amide bonds. The van der Waals surface area contributed by atoms with E-state index in [1.165, 1.54) is 0 Å². The van der Waals surface area contributed by atoms with E-state index < -0.39 is 0 Å². The number of nitrogens with one attached hydrogen (secondary N) is 1. The van der Waals surface area contributed by atoms with Gasteiger partial charge in [-0.1, -0.05) is 51.7 Å². The van der Waals surface area contributed by atoms with Crippen molar-refractivity contribution in [2.45, 2.75) is 19.4 Å². The number of carbonyl (C=O) groups is 1. The SMILES string of the molecule is C#CCOc1ccc(CCC(=O)NCc2ccc(Br)cc2)cc1Cl. The Hall–Kier alpha value is -1.96. The molecular weight excluding hydrogens is 390 g/mol. The van der Waals surface area contributed by atoms with E-state index in [1.54, 1.807) is 12.1 Å². The van der Waals surface area contributed by atoms with Crippen LogP contribution >= 0.6 is 27.5 Å². The Morgan fingerprint density at radius 1 is 1.21 bits per heavy atom. The molecule has 0 aliphatic rings. The van der Waals surface area contributed by atoms with Gasteiger partial charge in [-0.15, -0.1) is 6.42 Å². The molecule has 0 aromatic heterocycles. The number of hydrogen-bond donors (Lipinski definition) is 1. The second-order valence-electron chi connectivity index (χ2n) is 5.16. The van der Waals surface area contributed by atoms with Gasteiger partial charge in [0.25, 0.3) is 0 Å². The molecule has 24 heavy (non-hydrogen) atoms. The summed E-state index contributed by atoms with van der Waals surface area (Å²) in [6, 6.07) is 13.3. The number of rotatable bonds is 7. The average Bonchev–Trinajstić information content (AvgIpc) is 2.58. The van der Waals surface area contributed by atoms with Gasteiger partial charge in [-0.2, -0.15) is 0 Å². The first-order valence-electron chi connectivity index (χ1n) is 7.44. The van der Waals surface area contributed by atoms with Gasteiger partial charge < -0.3 is 10.1 Å². The van der Waals surface area contributed by atoms with Gasteiger partial charge in [-0.25, -0.2) is 0 Å². The van der Waals surface area contributed by atoms with Crippen molar-refractivity contribution in [1.29, 1.82) is 0 Å². The van der Waals surface area contributed by atoms with Gasteiger partial charge >= 0.3 is 0 Å². The van der Waals surface area contributed by atoms with Gasteiger partial charge in [0.1, 0.15) is 12.4 Å². The van der Waals surface area contributed by atoms with Gasteiger partial charge in [0.2, 0.25) is 5.91 Å². The van der Waals surface area contributed by atoms with Crippen LogP contribution in [0.1, 0.15) is 17.5 Å². The predicted octanol–water partition coefficient (Wildman–Crippen LogP) is 4.36. The van der Waals surface area contributed by atoms with E-state index in [0.29, 0.717) is 30.2 Å². The van der Waals surface area contributed by atoms with Gasteiger partial charge in [0.15, 0.2) is 0 Å². The maximum Gasteiger partial charge on any atom is 0.220 e. The monoisotopic (exact) mass is 405 g/mol. The predicted molar refractivity (Wildman–Crippen MR) is 100 cm³/mol. The number of amides is 1. The Morgan fingerprint density at radius 2 is 1.92 bits per heavy atom. The topological polar surface area (TPSA) is 38.3 Å². The van der Waals surface area contributed by atoms with Crippen molar-refractivity contribution in [2.75, 3.05) is 6.61 Å². The minimum absolute atomic E-state index is 0.00157. The Kier molecular flexibility index (Phi) is 7.17. The van der Waals surface area contributed by atoms with Crippen molar-refractivity contribution < 1.29 is 9.53 Å². The number of benzene rings is 2. The van der Waals surface area contributed by atoms with Gasteiger partial charge in [0, 0.05) is 17.4 Å². The Morgan fingerprint density at radius 3 is 2.58 bits per heavy atom. The highest BCUT2D eigenvalue weighted by atomic mass is 79.9. The maximum absolute atomic E-state index is 11.9. The van der Waals surface area contributed by atoms with Crippen LogP contribution in [0.3, 0.4) is 0 Å². The molecule has 0 spiro atoms. The first-order chi connectivity index (χ1) is 11.6. The lowest BCUT2D eigenvalue weighted by atomic mass is 10.1. The van der Waals surface area contributed by atoms with Crippen molar-refractivity contribution in [3.8, 4) is 18.1 Å². The summed E-state index contributed by atoms with van der Waals surface area (Å²) in [5.41, 5.74) is 2.04. The zero-order chi connectivity index (χ0) is 17.4. The Balaban J connectivity index is 1.80.